The van der Waals surface area contributed by atoms with Gasteiger partial charge in [0.25, 0.3) is 0 Å². The third kappa shape index (κ3) is 7.72. The van der Waals surface area contributed by atoms with Gasteiger partial charge in [-0.1, -0.05) is 77.8 Å². The predicted molar refractivity (Wildman–Crippen MR) is 153 cm³/mol. The minimum atomic E-state index is -3.89. The number of amides is 2. The Hall–Kier alpha value is -3.07. The number of likely N-dealkylation sites (N-methyl/N-ethyl adjacent to an activating group) is 1. The van der Waals surface area contributed by atoms with Gasteiger partial charge >= 0.3 is 0 Å². The van der Waals surface area contributed by atoms with Crippen LogP contribution in [0.5, 0.6) is 0 Å². The van der Waals surface area contributed by atoms with E-state index < -0.39 is 28.5 Å². The highest BCUT2D eigenvalue weighted by Gasteiger charge is 2.33. The van der Waals surface area contributed by atoms with Gasteiger partial charge in [0.05, 0.1) is 22.0 Å². The molecule has 0 unspecified atom stereocenters. The molecule has 3 aromatic rings. The van der Waals surface area contributed by atoms with E-state index in [-0.39, 0.29) is 34.6 Å². The van der Waals surface area contributed by atoms with Gasteiger partial charge in [-0.25, -0.2) is 8.42 Å². The molecule has 10 heteroatoms. The number of aryl methyl sites for hydroxylation is 1. The largest absolute Gasteiger partial charge is 0.355 e. The van der Waals surface area contributed by atoms with Crippen LogP contribution in [0.3, 0.4) is 0 Å². The van der Waals surface area contributed by atoms with Crippen LogP contribution in [0, 0.1) is 6.92 Å². The highest BCUT2D eigenvalue weighted by molar-refractivity contribution is 7.92. The first-order chi connectivity index (χ1) is 18.0. The number of sulfonamides is 1. The summed E-state index contributed by atoms with van der Waals surface area (Å²) >= 11 is 12.2. The van der Waals surface area contributed by atoms with E-state index in [1.54, 1.807) is 6.92 Å². The molecule has 0 bridgehead atoms. The monoisotopic (exact) mass is 575 g/mol. The van der Waals surface area contributed by atoms with Crippen LogP contribution in [0.4, 0.5) is 5.69 Å². The lowest BCUT2D eigenvalue weighted by molar-refractivity contribution is -0.140. The summed E-state index contributed by atoms with van der Waals surface area (Å²) in [5, 5.41) is 3.25. The molecule has 202 valence electrons. The van der Waals surface area contributed by atoms with E-state index in [4.69, 9.17) is 23.2 Å². The molecule has 0 saturated carbocycles. The van der Waals surface area contributed by atoms with Crippen LogP contribution in [0.15, 0.2) is 72.8 Å². The third-order valence-corrected chi connectivity index (χ3v) is 7.97. The van der Waals surface area contributed by atoms with Crippen molar-refractivity contribution in [3.05, 3.63) is 99.5 Å². The number of halogens is 2. The summed E-state index contributed by atoms with van der Waals surface area (Å²) in [6.07, 6.45) is 1.27. The SMILES string of the molecule is CCNC(=O)[C@@H](Cc1ccccc1)N(Cc1ccccc1C)C(=O)CN(c1ccc(Cl)c(Cl)c1)S(C)(=O)=O. The maximum Gasteiger partial charge on any atom is 0.244 e. The molecule has 0 spiro atoms. The number of benzene rings is 3. The van der Waals surface area contributed by atoms with E-state index in [2.05, 4.69) is 5.32 Å². The van der Waals surface area contributed by atoms with Crippen molar-refractivity contribution in [3.63, 3.8) is 0 Å². The van der Waals surface area contributed by atoms with Crippen molar-refractivity contribution in [3.8, 4) is 0 Å². The summed E-state index contributed by atoms with van der Waals surface area (Å²) in [4.78, 5) is 28.8. The lowest BCUT2D eigenvalue weighted by Gasteiger charge is -2.33. The van der Waals surface area contributed by atoms with Gasteiger partial charge < -0.3 is 10.2 Å². The molecule has 0 aliphatic rings. The number of hydrogen-bond donors (Lipinski definition) is 1. The second-order valence-corrected chi connectivity index (χ2v) is 11.6. The van der Waals surface area contributed by atoms with E-state index in [1.165, 1.54) is 23.1 Å². The molecule has 0 radical (unpaired) electrons. The zero-order valence-electron chi connectivity index (χ0n) is 21.5. The van der Waals surface area contributed by atoms with Gasteiger partial charge in [-0.3, -0.25) is 13.9 Å². The summed E-state index contributed by atoms with van der Waals surface area (Å²) < 4.78 is 26.6. The van der Waals surface area contributed by atoms with Crippen molar-refractivity contribution in [2.75, 3.05) is 23.7 Å². The Labute approximate surface area is 234 Å². The van der Waals surface area contributed by atoms with Crippen molar-refractivity contribution < 1.29 is 18.0 Å². The van der Waals surface area contributed by atoms with Crippen LogP contribution in [0.1, 0.15) is 23.6 Å². The molecule has 3 aromatic carbocycles. The molecule has 0 aliphatic carbocycles. The molecular formula is C28H31Cl2N3O4S. The Bertz CT molecular complexity index is 1380. The van der Waals surface area contributed by atoms with Crippen molar-refractivity contribution in [2.24, 2.45) is 0 Å². The van der Waals surface area contributed by atoms with Crippen LogP contribution in [0.2, 0.25) is 10.0 Å². The number of carbonyl (C=O) groups excluding carboxylic acids is 2. The molecule has 1 atom stereocenters. The van der Waals surface area contributed by atoms with Gasteiger partial charge in [-0.05, 0) is 48.7 Å². The minimum absolute atomic E-state index is 0.124. The first-order valence-corrected chi connectivity index (χ1v) is 14.7. The molecule has 0 fully saturated rings. The van der Waals surface area contributed by atoms with Gasteiger partial charge in [0.15, 0.2) is 0 Å². The normalized spacial score (nSPS) is 12.0. The van der Waals surface area contributed by atoms with Crippen LogP contribution in [-0.2, 0) is 32.6 Å². The van der Waals surface area contributed by atoms with Crippen LogP contribution in [-0.4, -0.2) is 50.5 Å². The van der Waals surface area contributed by atoms with Gasteiger partial charge in [-0.15, -0.1) is 0 Å². The Morgan fingerprint density at radius 2 is 1.61 bits per heavy atom. The standard InChI is InChI=1S/C28H31Cl2N3O4S/c1-4-31-28(35)26(16-21-11-6-5-7-12-21)32(18-22-13-9-8-10-20(22)2)27(34)19-33(38(3,36)37)23-14-15-24(29)25(30)17-23/h5-15,17,26H,4,16,18-19H2,1-3H3,(H,31,35)/t26-/m1/s1. The number of hydrogen-bond acceptors (Lipinski definition) is 4. The fourth-order valence-electron chi connectivity index (χ4n) is 4.07. The Morgan fingerprint density at radius 3 is 2.21 bits per heavy atom. The maximum absolute atomic E-state index is 14.0. The molecule has 3 rings (SSSR count). The molecule has 0 saturated heterocycles. The second-order valence-electron chi connectivity index (χ2n) is 8.92. The summed E-state index contributed by atoms with van der Waals surface area (Å²) in [6.45, 7) is 3.72. The highest BCUT2D eigenvalue weighted by Crippen LogP contribution is 2.29. The molecule has 7 nitrogen and oxygen atoms in total. The summed E-state index contributed by atoms with van der Waals surface area (Å²) in [5.41, 5.74) is 2.87. The second kappa shape index (κ2) is 13.1. The average molecular weight is 577 g/mol. The molecule has 0 aromatic heterocycles. The summed E-state index contributed by atoms with van der Waals surface area (Å²) in [7, 11) is -3.89. The van der Waals surface area contributed by atoms with Crippen LogP contribution < -0.4 is 9.62 Å². The van der Waals surface area contributed by atoms with E-state index in [9.17, 15) is 18.0 Å². The number of nitrogens with zero attached hydrogens (tertiary/aromatic N) is 2. The van der Waals surface area contributed by atoms with Crippen molar-refractivity contribution in [1.29, 1.82) is 0 Å². The van der Waals surface area contributed by atoms with Crippen molar-refractivity contribution >= 4 is 50.7 Å². The fraction of sp³-hybridized carbons (Fsp3) is 0.286. The zero-order chi connectivity index (χ0) is 27.9. The predicted octanol–water partition coefficient (Wildman–Crippen LogP) is 4.84. The lowest BCUT2D eigenvalue weighted by atomic mass is 10.0. The first kappa shape index (κ1) is 29.5. The number of nitrogens with one attached hydrogen (secondary N) is 1. The minimum Gasteiger partial charge on any atom is -0.355 e. The molecular weight excluding hydrogens is 545 g/mol. The Balaban J connectivity index is 2.06. The summed E-state index contributed by atoms with van der Waals surface area (Å²) in [5.74, 6) is -0.851. The van der Waals surface area contributed by atoms with Crippen molar-refractivity contribution in [1.82, 2.24) is 10.2 Å². The molecule has 0 aliphatic heterocycles. The van der Waals surface area contributed by atoms with Crippen molar-refractivity contribution in [2.45, 2.75) is 32.9 Å². The first-order valence-electron chi connectivity index (χ1n) is 12.1. The quantitative estimate of drug-likeness (QED) is 0.354. The number of anilines is 1. The Kier molecular flexibility index (Phi) is 10.2. The van der Waals surface area contributed by atoms with E-state index in [1.807, 2.05) is 61.5 Å². The molecule has 1 N–H and O–H groups in total. The van der Waals surface area contributed by atoms with Gasteiger partial charge in [0.1, 0.15) is 12.6 Å². The molecule has 2 amide bonds. The zero-order valence-corrected chi connectivity index (χ0v) is 23.9. The van der Waals surface area contributed by atoms with Gasteiger partial charge in [0, 0.05) is 19.5 Å². The highest BCUT2D eigenvalue weighted by atomic mass is 35.5. The van der Waals surface area contributed by atoms with Crippen LogP contribution in [0.25, 0.3) is 0 Å². The number of rotatable bonds is 11. The van der Waals surface area contributed by atoms with E-state index >= 15 is 0 Å². The topological polar surface area (TPSA) is 86.8 Å². The molecule has 0 heterocycles. The van der Waals surface area contributed by atoms with E-state index in [0.29, 0.717) is 6.54 Å². The smallest absolute Gasteiger partial charge is 0.244 e. The van der Waals surface area contributed by atoms with E-state index in [0.717, 1.165) is 27.3 Å². The van der Waals surface area contributed by atoms with Gasteiger partial charge in [0.2, 0.25) is 21.8 Å². The Morgan fingerprint density at radius 1 is 0.947 bits per heavy atom. The molecule has 38 heavy (non-hydrogen) atoms. The third-order valence-electron chi connectivity index (χ3n) is 6.09. The fourth-order valence-corrected chi connectivity index (χ4v) is 5.20. The van der Waals surface area contributed by atoms with Gasteiger partial charge in [-0.2, -0.15) is 0 Å². The summed E-state index contributed by atoms with van der Waals surface area (Å²) in [6, 6.07) is 20.4. The number of carbonyl (C=O) groups is 2. The lowest BCUT2D eigenvalue weighted by Crippen LogP contribution is -2.53. The maximum atomic E-state index is 14.0. The van der Waals surface area contributed by atoms with Crippen LogP contribution >= 0.6 is 23.2 Å². The average Bonchev–Trinajstić information content (AvgIpc) is 2.87.